The van der Waals surface area contributed by atoms with Gasteiger partial charge in [-0.3, -0.25) is 0 Å². The van der Waals surface area contributed by atoms with Gasteiger partial charge in [0.15, 0.2) is 0 Å². The van der Waals surface area contributed by atoms with Crippen LogP contribution in [0.5, 0.6) is 0 Å². The van der Waals surface area contributed by atoms with Gasteiger partial charge >= 0.3 is 0 Å². The van der Waals surface area contributed by atoms with Crippen LogP contribution in [0.2, 0.25) is 0 Å². The fourth-order valence-corrected chi connectivity index (χ4v) is 1.80. The molecule has 0 radical (unpaired) electrons. The van der Waals surface area contributed by atoms with Crippen LogP contribution in [-0.4, -0.2) is 9.36 Å². The fraction of sp³-hybridized carbons (Fsp3) is 0.111. The van der Waals surface area contributed by atoms with E-state index in [1.165, 1.54) is 11.5 Å². The number of aromatic nitrogens is 2. The van der Waals surface area contributed by atoms with E-state index in [1.807, 2.05) is 25.1 Å². The number of pyridine rings is 1. The number of anilines is 1. The van der Waals surface area contributed by atoms with Gasteiger partial charge in [0.2, 0.25) is 0 Å². The lowest BCUT2D eigenvalue weighted by molar-refractivity contribution is 1.33. The van der Waals surface area contributed by atoms with Crippen molar-refractivity contribution in [2.75, 3.05) is 5.73 Å². The molecule has 0 aliphatic carbocycles. The molecule has 2 heterocycles. The zero-order valence-electron chi connectivity index (χ0n) is 7.19. The van der Waals surface area contributed by atoms with Crippen molar-refractivity contribution in [3.63, 3.8) is 0 Å². The Morgan fingerprint density at radius 1 is 1.38 bits per heavy atom. The van der Waals surface area contributed by atoms with Crippen LogP contribution in [0.15, 0.2) is 24.3 Å². The topological polar surface area (TPSA) is 51.8 Å². The zero-order chi connectivity index (χ0) is 9.26. The summed E-state index contributed by atoms with van der Waals surface area (Å²) in [6.07, 6.45) is 0. The first-order valence-electron chi connectivity index (χ1n) is 3.92. The van der Waals surface area contributed by atoms with Crippen LogP contribution in [0.3, 0.4) is 0 Å². The highest BCUT2D eigenvalue weighted by Crippen LogP contribution is 2.22. The molecule has 0 aliphatic rings. The van der Waals surface area contributed by atoms with E-state index in [2.05, 4.69) is 9.36 Å². The predicted octanol–water partition coefficient (Wildman–Crippen LogP) is 2.10. The van der Waals surface area contributed by atoms with Gasteiger partial charge in [0.25, 0.3) is 0 Å². The monoisotopic (exact) mass is 191 g/mol. The number of hydrogen-bond donors (Lipinski definition) is 1. The second-order valence-corrected chi connectivity index (χ2v) is 3.59. The van der Waals surface area contributed by atoms with Crippen molar-refractivity contribution in [3.8, 4) is 10.6 Å². The molecule has 0 unspecified atom stereocenters. The third-order valence-electron chi connectivity index (χ3n) is 1.65. The summed E-state index contributed by atoms with van der Waals surface area (Å²) in [5, 5.41) is 0. The van der Waals surface area contributed by atoms with Crippen molar-refractivity contribution in [3.05, 3.63) is 30.0 Å². The number of nitrogen functional groups attached to an aromatic ring is 1. The first-order chi connectivity index (χ1) is 6.25. The standard InChI is InChI=1S/C9H9N3S/c1-6-5-8(13-12-6)7-3-2-4-9(10)11-7/h2-5H,1H3,(H2,10,11). The SMILES string of the molecule is Cc1cc(-c2cccc(N)n2)sn1. The molecule has 0 aromatic carbocycles. The maximum absolute atomic E-state index is 5.58. The van der Waals surface area contributed by atoms with Gasteiger partial charge in [-0.05, 0) is 36.7 Å². The molecular formula is C9H9N3S. The molecule has 0 atom stereocenters. The predicted molar refractivity (Wildman–Crippen MR) is 54.5 cm³/mol. The summed E-state index contributed by atoms with van der Waals surface area (Å²) >= 11 is 1.44. The maximum Gasteiger partial charge on any atom is 0.124 e. The number of hydrogen-bond acceptors (Lipinski definition) is 4. The highest BCUT2D eigenvalue weighted by atomic mass is 32.1. The molecule has 66 valence electrons. The summed E-state index contributed by atoms with van der Waals surface area (Å²) in [7, 11) is 0. The van der Waals surface area contributed by atoms with E-state index in [0.29, 0.717) is 5.82 Å². The number of nitrogens with zero attached hydrogens (tertiary/aromatic N) is 2. The lowest BCUT2D eigenvalue weighted by atomic mass is 10.3. The van der Waals surface area contributed by atoms with Crippen molar-refractivity contribution in [2.45, 2.75) is 6.92 Å². The van der Waals surface area contributed by atoms with Crippen LogP contribution in [0, 0.1) is 6.92 Å². The van der Waals surface area contributed by atoms with Gasteiger partial charge in [0, 0.05) is 0 Å². The van der Waals surface area contributed by atoms with E-state index in [-0.39, 0.29) is 0 Å². The highest BCUT2D eigenvalue weighted by Gasteiger charge is 2.02. The van der Waals surface area contributed by atoms with E-state index in [1.54, 1.807) is 6.07 Å². The summed E-state index contributed by atoms with van der Waals surface area (Å²) in [4.78, 5) is 5.26. The lowest BCUT2D eigenvalue weighted by Crippen LogP contribution is -1.89. The van der Waals surface area contributed by atoms with E-state index in [0.717, 1.165) is 16.3 Å². The van der Waals surface area contributed by atoms with Crippen molar-refractivity contribution in [1.29, 1.82) is 0 Å². The average Bonchev–Trinajstić information content (AvgIpc) is 2.52. The van der Waals surface area contributed by atoms with Crippen LogP contribution < -0.4 is 5.73 Å². The molecule has 2 N–H and O–H groups in total. The molecule has 0 bridgehead atoms. The summed E-state index contributed by atoms with van der Waals surface area (Å²) in [5.41, 5.74) is 7.49. The van der Waals surface area contributed by atoms with Crippen LogP contribution >= 0.6 is 11.5 Å². The molecule has 0 amide bonds. The van der Waals surface area contributed by atoms with E-state index >= 15 is 0 Å². The molecule has 0 saturated heterocycles. The maximum atomic E-state index is 5.58. The number of nitrogens with two attached hydrogens (primary N) is 1. The molecule has 2 aromatic rings. The van der Waals surface area contributed by atoms with Crippen molar-refractivity contribution in [1.82, 2.24) is 9.36 Å². The van der Waals surface area contributed by atoms with Gasteiger partial charge in [0.05, 0.1) is 16.3 Å². The molecule has 13 heavy (non-hydrogen) atoms. The highest BCUT2D eigenvalue weighted by molar-refractivity contribution is 7.09. The molecule has 2 aromatic heterocycles. The molecular weight excluding hydrogens is 182 g/mol. The average molecular weight is 191 g/mol. The smallest absolute Gasteiger partial charge is 0.124 e. The summed E-state index contributed by atoms with van der Waals surface area (Å²) in [6.45, 7) is 1.96. The Morgan fingerprint density at radius 2 is 2.23 bits per heavy atom. The Labute approximate surface area is 80.4 Å². The third-order valence-corrected chi connectivity index (χ3v) is 2.55. The van der Waals surface area contributed by atoms with Crippen molar-refractivity contribution < 1.29 is 0 Å². The normalized spacial score (nSPS) is 10.2. The number of aryl methyl sites for hydroxylation is 1. The van der Waals surface area contributed by atoms with Crippen LogP contribution in [0.1, 0.15) is 5.69 Å². The quantitative estimate of drug-likeness (QED) is 0.751. The van der Waals surface area contributed by atoms with E-state index in [9.17, 15) is 0 Å². The lowest BCUT2D eigenvalue weighted by Gasteiger charge is -1.95. The van der Waals surface area contributed by atoms with Crippen LogP contribution in [0.4, 0.5) is 5.82 Å². The second-order valence-electron chi connectivity index (χ2n) is 2.78. The minimum absolute atomic E-state index is 0.545. The van der Waals surface area contributed by atoms with Crippen molar-refractivity contribution >= 4 is 17.4 Å². The Balaban J connectivity index is 2.46. The molecule has 0 saturated carbocycles. The van der Waals surface area contributed by atoms with Gasteiger partial charge in [-0.1, -0.05) is 6.07 Å². The zero-order valence-corrected chi connectivity index (χ0v) is 8.01. The molecule has 0 fully saturated rings. The molecule has 0 aliphatic heterocycles. The van der Waals surface area contributed by atoms with Crippen LogP contribution in [0.25, 0.3) is 10.6 Å². The van der Waals surface area contributed by atoms with Gasteiger partial charge < -0.3 is 5.73 Å². The van der Waals surface area contributed by atoms with E-state index < -0.39 is 0 Å². The van der Waals surface area contributed by atoms with E-state index in [4.69, 9.17) is 5.73 Å². The second kappa shape index (κ2) is 3.14. The fourth-order valence-electron chi connectivity index (χ4n) is 1.07. The van der Waals surface area contributed by atoms with Gasteiger partial charge in [-0.15, -0.1) is 0 Å². The van der Waals surface area contributed by atoms with Crippen molar-refractivity contribution in [2.24, 2.45) is 0 Å². The van der Waals surface area contributed by atoms with Crippen LogP contribution in [-0.2, 0) is 0 Å². The minimum atomic E-state index is 0.545. The van der Waals surface area contributed by atoms with Gasteiger partial charge in [0.1, 0.15) is 5.82 Å². The Kier molecular flexibility index (Phi) is 1.98. The molecule has 3 nitrogen and oxygen atoms in total. The molecule has 2 rings (SSSR count). The summed E-state index contributed by atoms with van der Waals surface area (Å²) in [6, 6.07) is 7.61. The van der Waals surface area contributed by atoms with Gasteiger partial charge in [-0.2, -0.15) is 4.37 Å². The Hall–Kier alpha value is -1.42. The Bertz CT molecular complexity index is 422. The first kappa shape index (κ1) is 8.19. The van der Waals surface area contributed by atoms with Gasteiger partial charge in [-0.25, -0.2) is 4.98 Å². The Morgan fingerprint density at radius 3 is 2.85 bits per heavy atom. The summed E-state index contributed by atoms with van der Waals surface area (Å²) in [5.74, 6) is 0.545. The number of rotatable bonds is 1. The first-order valence-corrected chi connectivity index (χ1v) is 4.69. The minimum Gasteiger partial charge on any atom is -0.384 e. The molecule has 0 spiro atoms. The molecule has 4 heteroatoms. The summed E-state index contributed by atoms with van der Waals surface area (Å²) < 4.78 is 4.18. The largest absolute Gasteiger partial charge is 0.384 e. The third kappa shape index (κ3) is 1.67.